The summed E-state index contributed by atoms with van der Waals surface area (Å²) in [7, 11) is 0. The molecule has 2 unspecified atom stereocenters. The molecule has 2 atom stereocenters. The van der Waals surface area contributed by atoms with Crippen molar-refractivity contribution in [2.45, 2.75) is 32.4 Å². The number of nitrogens with one attached hydrogen (secondary N) is 1. The molecule has 1 aromatic heterocycles. The van der Waals surface area contributed by atoms with E-state index >= 15 is 0 Å². The smallest absolute Gasteiger partial charge is 0.0438 e. The van der Waals surface area contributed by atoms with Gasteiger partial charge in [-0.2, -0.15) is 0 Å². The predicted octanol–water partition coefficient (Wildman–Crippen LogP) is 5.45. The van der Waals surface area contributed by atoms with Crippen molar-refractivity contribution >= 4 is 38.9 Å². The maximum atomic E-state index is 6.19. The summed E-state index contributed by atoms with van der Waals surface area (Å²) in [6.45, 7) is 4.39. The van der Waals surface area contributed by atoms with Crippen LogP contribution in [0.2, 0.25) is 5.02 Å². The molecule has 1 aromatic carbocycles. The molecule has 0 fully saturated rings. The first-order valence-electron chi connectivity index (χ1n) is 6.29. The van der Waals surface area contributed by atoms with Crippen molar-refractivity contribution in [3.63, 3.8) is 0 Å². The number of benzene rings is 1. The van der Waals surface area contributed by atoms with Crippen molar-refractivity contribution in [3.8, 4) is 0 Å². The Morgan fingerprint density at radius 1 is 1.32 bits per heavy atom. The Labute approximate surface area is 132 Å². The minimum Gasteiger partial charge on any atom is -0.307 e. The van der Waals surface area contributed by atoms with E-state index in [-0.39, 0.29) is 0 Å². The highest BCUT2D eigenvalue weighted by Gasteiger charge is 2.12. The highest BCUT2D eigenvalue weighted by atomic mass is 79.9. The maximum Gasteiger partial charge on any atom is 0.0438 e. The summed E-state index contributed by atoms with van der Waals surface area (Å²) in [6, 6.07) is 11.0. The van der Waals surface area contributed by atoms with Crippen LogP contribution in [0.3, 0.4) is 0 Å². The van der Waals surface area contributed by atoms with E-state index in [2.05, 4.69) is 52.6 Å². The average Bonchev–Trinajstić information content (AvgIpc) is 2.79. The fourth-order valence-corrected chi connectivity index (χ4v) is 3.79. The summed E-state index contributed by atoms with van der Waals surface area (Å²) in [5.74, 6) is 0. The molecule has 0 aliphatic rings. The van der Waals surface area contributed by atoms with Gasteiger partial charge in [0.25, 0.3) is 0 Å². The first kappa shape index (κ1) is 15.0. The molecule has 1 nitrogen and oxygen atoms in total. The lowest BCUT2D eigenvalue weighted by atomic mass is 10.1. The second-order valence-electron chi connectivity index (χ2n) is 4.75. The third-order valence-corrected chi connectivity index (χ3v) is 5.28. The molecular weight excluding hydrogens is 342 g/mol. The van der Waals surface area contributed by atoms with Gasteiger partial charge in [0, 0.05) is 31.8 Å². The van der Waals surface area contributed by atoms with Crippen LogP contribution in [0.25, 0.3) is 0 Å². The van der Waals surface area contributed by atoms with Crippen LogP contribution in [0.1, 0.15) is 30.3 Å². The van der Waals surface area contributed by atoms with E-state index < -0.39 is 0 Å². The molecule has 0 aliphatic heterocycles. The van der Waals surface area contributed by atoms with Crippen molar-refractivity contribution in [1.29, 1.82) is 0 Å². The zero-order valence-electron chi connectivity index (χ0n) is 11.0. The van der Waals surface area contributed by atoms with Gasteiger partial charge in [-0.05, 0) is 53.9 Å². The van der Waals surface area contributed by atoms with E-state index in [4.69, 9.17) is 11.6 Å². The van der Waals surface area contributed by atoms with Crippen LogP contribution >= 0.6 is 38.9 Å². The Kier molecular flexibility index (Phi) is 5.46. The van der Waals surface area contributed by atoms with Gasteiger partial charge in [-0.15, -0.1) is 11.3 Å². The topological polar surface area (TPSA) is 12.0 Å². The molecule has 0 radical (unpaired) electrons. The first-order chi connectivity index (χ1) is 9.06. The van der Waals surface area contributed by atoms with E-state index in [1.807, 2.05) is 18.2 Å². The molecule has 0 saturated carbocycles. The van der Waals surface area contributed by atoms with Gasteiger partial charge in [-0.1, -0.05) is 29.8 Å². The molecule has 102 valence electrons. The third-order valence-electron chi connectivity index (χ3n) is 3.03. The van der Waals surface area contributed by atoms with Crippen LogP contribution in [0, 0.1) is 0 Å². The lowest BCUT2D eigenvalue weighted by molar-refractivity contribution is 0.482. The van der Waals surface area contributed by atoms with Gasteiger partial charge in [-0.3, -0.25) is 0 Å². The Morgan fingerprint density at radius 3 is 2.68 bits per heavy atom. The van der Waals surface area contributed by atoms with Gasteiger partial charge < -0.3 is 5.32 Å². The number of thiophene rings is 1. The van der Waals surface area contributed by atoms with Crippen molar-refractivity contribution < 1.29 is 0 Å². The molecule has 19 heavy (non-hydrogen) atoms. The molecular formula is C15H17BrClNS. The largest absolute Gasteiger partial charge is 0.307 e. The molecule has 0 aliphatic carbocycles. The van der Waals surface area contributed by atoms with Gasteiger partial charge in [0.05, 0.1) is 0 Å². The summed E-state index contributed by atoms with van der Waals surface area (Å²) >= 11 is 11.5. The van der Waals surface area contributed by atoms with Crippen LogP contribution < -0.4 is 5.32 Å². The third kappa shape index (κ3) is 4.32. The highest BCUT2D eigenvalue weighted by Crippen LogP contribution is 2.26. The predicted molar refractivity (Wildman–Crippen MR) is 88.2 cm³/mol. The van der Waals surface area contributed by atoms with Crippen LogP contribution in [0.5, 0.6) is 0 Å². The summed E-state index contributed by atoms with van der Waals surface area (Å²) in [5.41, 5.74) is 1.20. The lowest BCUT2D eigenvalue weighted by Crippen LogP contribution is -2.30. The highest BCUT2D eigenvalue weighted by molar-refractivity contribution is 9.10. The van der Waals surface area contributed by atoms with Crippen LogP contribution in [0.15, 0.2) is 40.2 Å². The van der Waals surface area contributed by atoms with Gasteiger partial charge in [0.15, 0.2) is 0 Å². The van der Waals surface area contributed by atoms with E-state index in [0.717, 1.165) is 15.9 Å². The summed E-state index contributed by atoms with van der Waals surface area (Å²) < 4.78 is 1.15. The number of hydrogen-bond acceptors (Lipinski definition) is 2. The maximum absolute atomic E-state index is 6.19. The zero-order valence-corrected chi connectivity index (χ0v) is 14.1. The quantitative estimate of drug-likeness (QED) is 0.749. The second-order valence-corrected chi connectivity index (χ2v) is 7.02. The molecule has 4 heteroatoms. The number of halogens is 2. The van der Waals surface area contributed by atoms with Crippen molar-refractivity contribution in [2.75, 3.05) is 0 Å². The Hall–Kier alpha value is -0.350. The van der Waals surface area contributed by atoms with E-state index in [1.165, 1.54) is 10.4 Å². The van der Waals surface area contributed by atoms with E-state index in [0.29, 0.717) is 12.1 Å². The molecule has 0 amide bonds. The summed E-state index contributed by atoms with van der Waals surface area (Å²) in [5, 5.41) is 6.58. The minimum absolute atomic E-state index is 0.355. The van der Waals surface area contributed by atoms with Crippen LogP contribution in [0.4, 0.5) is 0 Å². The van der Waals surface area contributed by atoms with Crippen molar-refractivity contribution in [2.24, 2.45) is 0 Å². The molecule has 2 aromatic rings. The number of hydrogen-bond donors (Lipinski definition) is 1. The van der Waals surface area contributed by atoms with Gasteiger partial charge in [0.2, 0.25) is 0 Å². The van der Waals surface area contributed by atoms with E-state index in [1.54, 1.807) is 11.3 Å². The summed E-state index contributed by atoms with van der Waals surface area (Å²) in [4.78, 5) is 1.35. The van der Waals surface area contributed by atoms with Gasteiger partial charge in [-0.25, -0.2) is 0 Å². The van der Waals surface area contributed by atoms with E-state index in [9.17, 15) is 0 Å². The molecule has 0 saturated heterocycles. The fourth-order valence-electron chi connectivity index (χ4n) is 2.12. The Balaban J connectivity index is 1.94. The van der Waals surface area contributed by atoms with Crippen LogP contribution in [-0.2, 0) is 6.42 Å². The normalized spacial score (nSPS) is 14.3. The standard InChI is InChI=1S/C15H17BrClNS/c1-10(7-12-5-3-4-6-14(12)17)18-11(2)15-8-13(16)9-19-15/h3-6,8-11,18H,7H2,1-2H3. The van der Waals surface area contributed by atoms with Gasteiger partial charge >= 0.3 is 0 Å². The summed E-state index contributed by atoms with van der Waals surface area (Å²) in [6.07, 6.45) is 0.941. The molecule has 0 bridgehead atoms. The number of rotatable bonds is 5. The zero-order chi connectivity index (χ0) is 13.8. The SMILES string of the molecule is CC(Cc1ccccc1Cl)NC(C)c1cc(Br)cs1. The molecule has 1 N–H and O–H groups in total. The fraction of sp³-hybridized carbons (Fsp3) is 0.333. The Morgan fingerprint density at radius 2 is 2.05 bits per heavy atom. The molecule has 0 spiro atoms. The van der Waals surface area contributed by atoms with Crippen LogP contribution in [-0.4, -0.2) is 6.04 Å². The first-order valence-corrected chi connectivity index (χ1v) is 8.34. The average molecular weight is 359 g/mol. The lowest BCUT2D eigenvalue weighted by Gasteiger charge is -2.19. The van der Waals surface area contributed by atoms with Crippen molar-refractivity contribution in [3.05, 3.63) is 55.6 Å². The van der Waals surface area contributed by atoms with Crippen molar-refractivity contribution in [1.82, 2.24) is 5.32 Å². The second kappa shape index (κ2) is 6.89. The van der Waals surface area contributed by atoms with Gasteiger partial charge in [0.1, 0.15) is 0 Å². The molecule has 1 heterocycles. The Bertz CT molecular complexity index is 540. The monoisotopic (exact) mass is 357 g/mol. The molecule has 2 rings (SSSR count). The minimum atomic E-state index is 0.355.